The van der Waals surface area contributed by atoms with Crippen LogP contribution in [0.25, 0.3) is 0 Å². The summed E-state index contributed by atoms with van der Waals surface area (Å²) in [6.07, 6.45) is 5.18. The van der Waals surface area contributed by atoms with Crippen molar-refractivity contribution in [3.63, 3.8) is 0 Å². The van der Waals surface area contributed by atoms with E-state index in [-0.39, 0.29) is 17.4 Å². The van der Waals surface area contributed by atoms with Gasteiger partial charge in [-0.2, -0.15) is 0 Å². The van der Waals surface area contributed by atoms with Crippen molar-refractivity contribution >= 4 is 11.6 Å². The van der Waals surface area contributed by atoms with Crippen LogP contribution in [0.15, 0.2) is 18.2 Å². The summed E-state index contributed by atoms with van der Waals surface area (Å²) < 4.78 is 14.0. The fourth-order valence-corrected chi connectivity index (χ4v) is 4.08. The molecule has 1 aliphatic carbocycles. The van der Waals surface area contributed by atoms with Gasteiger partial charge in [-0.05, 0) is 56.1 Å². The van der Waals surface area contributed by atoms with Gasteiger partial charge in [-0.15, -0.1) is 0 Å². The van der Waals surface area contributed by atoms with Crippen LogP contribution < -0.4 is 5.73 Å². The molecule has 1 atom stereocenters. The van der Waals surface area contributed by atoms with Crippen molar-refractivity contribution in [1.29, 1.82) is 0 Å². The minimum Gasteiger partial charge on any atom is -0.326 e. The Balaban J connectivity index is 2.23. The largest absolute Gasteiger partial charge is 0.326 e. The van der Waals surface area contributed by atoms with Gasteiger partial charge in [-0.25, -0.2) is 4.39 Å². The van der Waals surface area contributed by atoms with E-state index in [1.807, 2.05) is 0 Å². The molecule has 2 nitrogen and oxygen atoms in total. The van der Waals surface area contributed by atoms with E-state index in [4.69, 9.17) is 17.3 Å². The third kappa shape index (κ3) is 3.41. The van der Waals surface area contributed by atoms with Crippen LogP contribution in [-0.4, -0.2) is 29.6 Å². The Kier molecular flexibility index (Phi) is 5.64. The summed E-state index contributed by atoms with van der Waals surface area (Å²) in [6.45, 7) is 6.33. The molecule has 2 rings (SSSR count). The fourth-order valence-electron chi connectivity index (χ4n) is 3.89. The molecule has 1 saturated carbocycles. The summed E-state index contributed by atoms with van der Waals surface area (Å²) in [5, 5.41) is 0.571. The second-order valence-electron chi connectivity index (χ2n) is 6.03. The van der Waals surface area contributed by atoms with Gasteiger partial charge < -0.3 is 5.73 Å². The number of rotatable bonds is 6. The Morgan fingerprint density at radius 2 is 1.90 bits per heavy atom. The summed E-state index contributed by atoms with van der Waals surface area (Å²) in [7, 11) is 0. The molecule has 1 aromatic rings. The van der Waals surface area contributed by atoms with E-state index in [0.717, 1.165) is 25.9 Å². The second-order valence-corrected chi connectivity index (χ2v) is 6.47. The molecule has 4 heteroatoms. The molecule has 2 N–H and O–H groups in total. The van der Waals surface area contributed by atoms with Gasteiger partial charge in [0.05, 0.1) is 0 Å². The first-order valence-corrected chi connectivity index (χ1v) is 8.36. The van der Waals surface area contributed by atoms with Gasteiger partial charge in [0.25, 0.3) is 0 Å². The summed E-state index contributed by atoms with van der Waals surface area (Å²) in [6, 6.07) is 4.67. The van der Waals surface area contributed by atoms with Gasteiger partial charge in [-0.3, -0.25) is 4.90 Å². The number of hydrogen-bond acceptors (Lipinski definition) is 2. The number of nitrogens with zero attached hydrogens (tertiary/aromatic N) is 1. The maximum atomic E-state index is 14.0. The first-order valence-electron chi connectivity index (χ1n) is 7.98. The van der Waals surface area contributed by atoms with E-state index in [1.54, 1.807) is 12.1 Å². The second kappa shape index (κ2) is 7.08. The molecular formula is C17H26ClFN2. The van der Waals surface area contributed by atoms with Crippen molar-refractivity contribution in [1.82, 2.24) is 4.90 Å². The van der Waals surface area contributed by atoms with Crippen molar-refractivity contribution in [3.05, 3.63) is 34.6 Å². The molecule has 0 radical (unpaired) electrons. The maximum Gasteiger partial charge on any atom is 0.126 e. The van der Waals surface area contributed by atoms with Crippen LogP contribution in [0.2, 0.25) is 5.02 Å². The average Bonchev–Trinajstić information content (AvgIpc) is 2.95. The van der Waals surface area contributed by atoms with Gasteiger partial charge in [0.1, 0.15) is 5.82 Å². The highest BCUT2D eigenvalue weighted by Crippen LogP contribution is 2.38. The van der Waals surface area contributed by atoms with Crippen LogP contribution in [0.3, 0.4) is 0 Å². The zero-order valence-electron chi connectivity index (χ0n) is 13.0. The molecule has 1 unspecified atom stereocenters. The number of halogens is 2. The third-order valence-corrected chi connectivity index (χ3v) is 5.24. The summed E-state index contributed by atoms with van der Waals surface area (Å²) in [5.74, 6) is -0.206. The first-order chi connectivity index (χ1) is 10.0. The lowest BCUT2D eigenvalue weighted by molar-refractivity contribution is 0.0769. The molecule has 0 saturated heterocycles. The van der Waals surface area contributed by atoms with E-state index in [9.17, 15) is 4.39 Å². The molecule has 0 bridgehead atoms. The minimum absolute atomic E-state index is 0.0122. The number of likely N-dealkylation sites (N-methyl/N-ethyl adjacent to an activating group) is 1. The Labute approximate surface area is 132 Å². The Bertz CT molecular complexity index is 468. The van der Waals surface area contributed by atoms with Crippen molar-refractivity contribution < 1.29 is 4.39 Å². The molecule has 1 fully saturated rings. The molecule has 1 aliphatic rings. The van der Waals surface area contributed by atoms with Crippen molar-refractivity contribution in [2.45, 2.75) is 57.5 Å². The van der Waals surface area contributed by atoms with Gasteiger partial charge in [0.2, 0.25) is 0 Å². The SMILES string of the molecule is CCN(CC)C1(C(N)Cc2cc(Cl)ccc2F)CCCC1. The molecule has 0 amide bonds. The third-order valence-electron chi connectivity index (χ3n) is 5.00. The van der Waals surface area contributed by atoms with Crippen molar-refractivity contribution in [3.8, 4) is 0 Å². The predicted molar refractivity (Wildman–Crippen MR) is 87.2 cm³/mol. The Morgan fingerprint density at radius 3 is 2.48 bits per heavy atom. The highest BCUT2D eigenvalue weighted by molar-refractivity contribution is 6.30. The van der Waals surface area contributed by atoms with Gasteiger partial charge in [0.15, 0.2) is 0 Å². The normalized spacial score (nSPS) is 19.1. The Morgan fingerprint density at radius 1 is 1.29 bits per heavy atom. The Hall–Kier alpha value is -0.640. The molecular weight excluding hydrogens is 287 g/mol. The molecule has 0 heterocycles. The van der Waals surface area contributed by atoms with E-state index >= 15 is 0 Å². The number of hydrogen-bond donors (Lipinski definition) is 1. The maximum absolute atomic E-state index is 14.0. The topological polar surface area (TPSA) is 29.3 Å². The predicted octanol–water partition coefficient (Wildman–Crippen LogP) is 4.00. The van der Waals surface area contributed by atoms with Gasteiger partial charge in [-0.1, -0.05) is 38.3 Å². The zero-order chi connectivity index (χ0) is 15.5. The quantitative estimate of drug-likeness (QED) is 0.860. The molecule has 0 aromatic heterocycles. The minimum atomic E-state index is -0.206. The lowest BCUT2D eigenvalue weighted by atomic mass is 9.83. The van der Waals surface area contributed by atoms with Gasteiger partial charge >= 0.3 is 0 Å². The van der Waals surface area contributed by atoms with Crippen LogP contribution in [0, 0.1) is 5.82 Å². The summed E-state index contributed by atoms with van der Waals surface area (Å²) in [5.41, 5.74) is 7.21. The lowest BCUT2D eigenvalue weighted by Crippen LogP contribution is -2.59. The van der Waals surface area contributed by atoms with E-state index < -0.39 is 0 Å². The van der Waals surface area contributed by atoms with Crippen LogP contribution in [0.5, 0.6) is 0 Å². The molecule has 0 spiro atoms. The van der Waals surface area contributed by atoms with Crippen LogP contribution in [0.4, 0.5) is 4.39 Å². The van der Waals surface area contributed by atoms with Crippen LogP contribution in [-0.2, 0) is 6.42 Å². The molecule has 1 aromatic carbocycles. The van der Waals surface area contributed by atoms with Gasteiger partial charge in [0, 0.05) is 16.6 Å². The van der Waals surface area contributed by atoms with E-state index in [2.05, 4.69) is 18.7 Å². The standard InChI is InChI=1S/C17H26ClFN2/c1-3-21(4-2)17(9-5-6-10-17)16(20)12-13-11-14(18)7-8-15(13)19/h7-8,11,16H,3-6,9-10,12,20H2,1-2H3. The highest BCUT2D eigenvalue weighted by Gasteiger charge is 2.43. The molecule has 0 aliphatic heterocycles. The van der Waals surface area contributed by atoms with Crippen molar-refractivity contribution in [2.75, 3.05) is 13.1 Å². The average molecular weight is 313 g/mol. The van der Waals surface area contributed by atoms with Crippen molar-refractivity contribution in [2.24, 2.45) is 5.73 Å². The summed E-state index contributed by atoms with van der Waals surface area (Å²) in [4.78, 5) is 2.47. The zero-order valence-corrected chi connectivity index (χ0v) is 13.8. The smallest absolute Gasteiger partial charge is 0.126 e. The van der Waals surface area contributed by atoms with Crippen LogP contribution in [0.1, 0.15) is 45.1 Å². The van der Waals surface area contributed by atoms with E-state index in [0.29, 0.717) is 17.0 Å². The van der Waals surface area contributed by atoms with E-state index in [1.165, 1.54) is 18.9 Å². The van der Waals surface area contributed by atoms with Crippen LogP contribution >= 0.6 is 11.6 Å². The molecule has 21 heavy (non-hydrogen) atoms. The lowest BCUT2D eigenvalue weighted by Gasteiger charge is -2.45. The number of nitrogens with two attached hydrogens (primary N) is 1. The monoisotopic (exact) mass is 312 g/mol. The number of benzene rings is 1. The first kappa shape index (κ1) is 16.7. The fraction of sp³-hybridized carbons (Fsp3) is 0.647. The summed E-state index contributed by atoms with van der Waals surface area (Å²) >= 11 is 5.99. The highest BCUT2D eigenvalue weighted by atomic mass is 35.5. The molecule has 118 valence electrons.